The lowest BCUT2D eigenvalue weighted by molar-refractivity contribution is 0.130. The standard InChI is InChI=1S/C28H28N6O2.ClH/c1-19(32-35-18-20-7-9-23(10-8-20)22-5-3-2-4-6-22)21-11-13-24(14-12-21)26-31-27(36-33-26)25-15-16-34(17-25)28(29)30;/h2-14,25H,15-18H2,1H3,(H3,29,30);1H. The van der Waals surface area contributed by atoms with Gasteiger partial charge in [-0.2, -0.15) is 4.98 Å². The predicted molar refractivity (Wildman–Crippen MR) is 147 cm³/mol. The van der Waals surface area contributed by atoms with Gasteiger partial charge in [-0.25, -0.2) is 0 Å². The van der Waals surface area contributed by atoms with Crippen molar-refractivity contribution in [2.45, 2.75) is 25.9 Å². The first-order chi connectivity index (χ1) is 17.6. The van der Waals surface area contributed by atoms with Crippen molar-refractivity contribution in [1.29, 1.82) is 5.41 Å². The zero-order valence-electron chi connectivity index (χ0n) is 20.5. The predicted octanol–water partition coefficient (Wildman–Crippen LogP) is 5.45. The maximum Gasteiger partial charge on any atom is 0.231 e. The van der Waals surface area contributed by atoms with Gasteiger partial charge in [0.1, 0.15) is 6.61 Å². The Morgan fingerprint density at radius 1 is 1.03 bits per heavy atom. The van der Waals surface area contributed by atoms with E-state index in [1.807, 2.05) is 54.3 Å². The van der Waals surface area contributed by atoms with Crippen LogP contribution in [0.1, 0.15) is 36.3 Å². The summed E-state index contributed by atoms with van der Waals surface area (Å²) in [5.41, 5.74) is 11.6. The minimum absolute atomic E-state index is 0. The van der Waals surface area contributed by atoms with E-state index in [4.69, 9.17) is 20.5 Å². The lowest BCUT2D eigenvalue weighted by Crippen LogP contribution is -2.34. The Hall–Kier alpha value is -4.17. The number of hydrogen-bond donors (Lipinski definition) is 2. The van der Waals surface area contributed by atoms with Crippen LogP contribution in [0.4, 0.5) is 0 Å². The Balaban J connectivity index is 0.00000320. The largest absolute Gasteiger partial charge is 0.391 e. The number of rotatable bonds is 7. The van der Waals surface area contributed by atoms with Crippen molar-refractivity contribution in [1.82, 2.24) is 15.0 Å². The van der Waals surface area contributed by atoms with Crippen LogP contribution in [-0.2, 0) is 11.4 Å². The Bertz CT molecular complexity index is 1350. The van der Waals surface area contributed by atoms with E-state index in [1.54, 1.807) is 0 Å². The number of oxime groups is 1. The van der Waals surface area contributed by atoms with Gasteiger partial charge in [-0.05, 0) is 35.6 Å². The average molecular weight is 517 g/mol. The number of hydrogen-bond acceptors (Lipinski definition) is 6. The third kappa shape index (κ3) is 6.16. The summed E-state index contributed by atoms with van der Waals surface area (Å²) in [5.74, 6) is 1.30. The van der Waals surface area contributed by atoms with Crippen LogP contribution in [0.25, 0.3) is 22.5 Å². The number of halogens is 1. The maximum absolute atomic E-state index is 7.58. The minimum Gasteiger partial charge on any atom is -0.391 e. The van der Waals surface area contributed by atoms with E-state index in [-0.39, 0.29) is 24.3 Å². The molecule has 1 atom stereocenters. The summed E-state index contributed by atoms with van der Waals surface area (Å²) in [7, 11) is 0. The fraction of sp³-hybridized carbons (Fsp3) is 0.214. The molecule has 1 aromatic heterocycles. The molecule has 1 aliphatic heterocycles. The summed E-state index contributed by atoms with van der Waals surface area (Å²) in [5, 5.41) is 16.0. The number of nitrogens with zero attached hydrogens (tertiary/aromatic N) is 4. The van der Waals surface area contributed by atoms with Crippen molar-refractivity contribution in [2.75, 3.05) is 13.1 Å². The molecule has 3 aromatic carbocycles. The van der Waals surface area contributed by atoms with Crippen LogP contribution in [0.3, 0.4) is 0 Å². The molecular weight excluding hydrogens is 488 g/mol. The summed E-state index contributed by atoms with van der Waals surface area (Å²) in [4.78, 5) is 12.0. The van der Waals surface area contributed by atoms with E-state index in [9.17, 15) is 0 Å². The molecule has 1 saturated heterocycles. The van der Waals surface area contributed by atoms with Gasteiger partial charge in [0.15, 0.2) is 5.96 Å². The highest BCUT2D eigenvalue weighted by Crippen LogP contribution is 2.27. The molecule has 2 heterocycles. The highest BCUT2D eigenvalue weighted by Gasteiger charge is 2.29. The van der Waals surface area contributed by atoms with Gasteiger partial charge in [-0.1, -0.05) is 89.2 Å². The monoisotopic (exact) mass is 516 g/mol. The molecule has 1 unspecified atom stereocenters. The normalized spacial score (nSPS) is 15.3. The van der Waals surface area contributed by atoms with Crippen LogP contribution in [0.15, 0.2) is 88.5 Å². The van der Waals surface area contributed by atoms with Crippen molar-refractivity contribution in [2.24, 2.45) is 10.9 Å². The molecule has 0 radical (unpaired) electrons. The molecule has 1 fully saturated rings. The minimum atomic E-state index is 0. The fourth-order valence-electron chi connectivity index (χ4n) is 4.24. The molecule has 5 rings (SSSR count). The Labute approximate surface area is 222 Å². The molecule has 0 spiro atoms. The van der Waals surface area contributed by atoms with Gasteiger partial charge in [0, 0.05) is 18.7 Å². The Morgan fingerprint density at radius 2 is 1.70 bits per heavy atom. The topological polar surface area (TPSA) is 114 Å². The van der Waals surface area contributed by atoms with Gasteiger partial charge in [-0.15, -0.1) is 12.4 Å². The van der Waals surface area contributed by atoms with Crippen molar-refractivity contribution < 1.29 is 9.36 Å². The van der Waals surface area contributed by atoms with Gasteiger partial charge in [-0.3, -0.25) is 5.41 Å². The summed E-state index contributed by atoms with van der Waals surface area (Å²) < 4.78 is 5.49. The van der Waals surface area contributed by atoms with Crippen LogP contribution in [-0.4, -0.2) is 39.8 Å². The molecule has 4 aromatic rings. The smallest absolute Gasteiger partial charge is 0.231 e. The van der Waals surface area contributed by atoms with Gasteiger partial charge in [0.25, 0.3) is 0 Å². The molecule has 37 heavy (non-hydrogen) atoms. The number of nitrogens with one attached hydrogen (secondary N) is 1. The van der Waals surface area contributed by atoms with Gasteiger partial charge in [0.2, 0.25) is 11.7 Å². The van der Waals surface area contributed by atoms with Crippen LogP contribution in [0.5, 0.6) is 0 Å². The first-order valence-electron chi connectivity index (χ1n) is 11.9. The molecule has 0 saturated carbocycles. The van der Waals surface area contributed by atoms with Gasteiger partial charge >= 0.3 is 0 Å². The third-order valence-electron chi connectivity index (χ3n) is 6.37. The second kappa shape index (κ2) is 11.7. The van der Waals surface area contributed by atoms with Crippen molar-refractivity contribution in [3.63, 3.8) is 0 Å². The molecule has 0 bridgehead atoms. The first kappa shape index (κ1) is 25.9. The van der Waals surface area contributed by atoms with E-state index in [0.29, 0.717) is 24.9 Å². The Kier molecular flexibility index (Phi) is 8.20. The summed E-state index contributed by atoms with van der Waals surface area (Å²) in [6, 6.07) is 26.4. The van der Waals surface area contributed by atoms with E-state index in [0.717, 1.165) is 35.4 Å². The third-order valence-corrected chi connectivity index (χ3v) is 6.37. The number of likely N-dealkylation sites (tertiary alicyclic amines) is 1. The second-order valence-electron chi connectivity index (χ2n) is 8.86. The molecule has 190 valence electrons. The number of aromatic nitrogens is 2. The highest BCUT2D eigenvalue weighted by molar-refractivity contribution is 5.98. The highest BCUT2D eigenvalue weighted by atomic mass is 35.5. The maximum atomic E-state index is 7.58. The van der Waals surface area contributed by atoms with Crippen LogP contribution >= 0.6 is 12.4 Å². The van der Waals surface area contributed by atoms with Crippen molar-refractivity contribution in [3.8, 4) is 22.5 Å². The van der Waals surface area contributed by atoms with Crippen LogP contribution < -0.4 is 5.73 Å². The van der Waals surface area contributed by atoms with Crippen molar-refractivity contribution in [3.05, 3.63) is 95.9 Å². The van der Waals surface area contributed by atoms with E-state index < -0.39 is 0 Å². The molecule has 9 heteroatoms. The number of benzene rings is 3. The van der Waals surface area contributed by atoms with E-state index in [2.05, 4.69) is 51.7 Å². The van der Waals surface area contributed by atoms with Gasteiger partial charge < -0.3 is 20.0 Å². The van der Waals surface area contributed by atoms with E-state index >= 15 is 0 Å². The summed E-state index contributed by atoms with van der Waals surface area (Å²) >= 11 is 0. The second-order valence-corrected chi connectivity index (χ2v) is 8.86. The quantitative estimate of drug-likeness (QED) is 0.192. The molecular formula is C28H29ClN6O2. The average Bonchev–Trinajstić information content (AvgIpc) is 3.60. The van der Waals surface area contributed by atoms with E-state index in [1.165, 1.54) is 11.1 Å². The SMILES string of the molecule is CC(=NOCc1ccc(-c2ccccc2)cc1)c1ccc(-c2noc(C3CCN(C(=N)N)C3)n2)cc1.Cl. The van der Waals surface area contributed by atoms with Crippen LogP contribution in [0, 0.1) is 5.41 Å². The fourth-order valence-corrected chi connectivity index (χ4v) is 4.24. The lowest BCUT2D eigenvalue weighted by atomic mass is 10.0. The number of nitrogens with two attached hydrogens (primary N) is 1. The summed E-state index contributed by atoms with van der Waals surface area (Å²) in [6.07, 6.45) is 0.840. The Morgan fingerprint density at radius 3 is 2.38 bits per heavy atom. The first-order valence-corrected chi connectivity index (χ1v) is 11.9. The molecule has 0 amide bonds. The molecule has 3 N–H and O–H groups in total. The number of guanidine groups is 1. The molecule has 1 aliphatic rings. The van der Waals surface area contributed by atoms with Gasteiger partial charge in [0.05, 0.1) is 11.6 Å². The zero-order valence-corrected chi connectivity index (χ0v) is 21.3. The zero-order chi connectivity index (χ0) is 24.9. The summed E-state index contributed by atoms with van der Waals surface area (Å²) in [6.45, 7) is 3.67. The van der Waals surface area contributed by atoms with Crippen LogP contribution in [0.2, 0.25) is 0 Å². The van der Waals surface area contributed by atoms with Crippen molar-refractivity contribution >= 4 is 24.1 Å². The molecule has 0 aliphatic carbocycles. The lowest BCUT2D eigenvalue weighted by Gasteiger charge is -2.14. The molecule has 8 nitrogen and oxygen atoms in total.